The highest BCUT2D eigenvalue weighted by Gasteiger charge is 2.35. The van der Waals surface area contributed by atoms with E-state index in [4.69, 9.17) is 5.73 Å². The van der Waals surface area contributed by atoms with E-state index in [9.17, 15) is 9.59 Å². The van der Waals surface area contributed by atoms with Crippen LogP contribution in [0.2, 0.25) is 0 Å². The molecule has 2 fully saturated rings. The van der Waals surface area contributed by atoms with Crippen LogP contribution >= 0.6 is 12.4 Å². The van der Waals surface area contributed by atoms with Gasteiger partial charge in [-0.1, -0.05) is 13.8 Å². The van der Waals surface area contributed by atoms with E-state index < -0.39 is 0 Å². The highest BCUT2D eigenvalue weighted by atomic mass is 35.5. The zero-order valence-electron chi connectivity index (χ0n) is 14.5. The van der Waals surface area contributed by atoms with Crippen molar-refractivity contribution in [2.45, 2.75) is 58.4 Å². The van der Waals surface area contributed by atoms with Crippen molar-refractivity contribution in [2.75, 3.05) is 26.2 Å². The molecule has 0 spiro atoms. The number of hydrogen-bond acceptors (Lipinski definition) is 3. The lowest BCUT2D eigenvalue weighted by Gasteiger charge is -2.41. The Morgan fingerprint density at radius 2 is 1.96 bits per heavy atom. The number of nitrogens with zero attached hydrogens (tertiary/aromatic N) is 2. The van der Waals surface area contributed by atoms with Crippen molar-refractivity contribution in [2.24, 2.45) is 17.6 Å². The minimum atomic E-state index is -0.0305. The molecule has 2 N–H and O–H groups in total. The molecule has 3 unspecified atom stereocenters. The third kappa shape index (κ3) is 5.08. The van der Waals surface area contributed by atoms with Gasteiger partial charge in [-0.05, 0) is 38.0 Å². The van der Waals surface area contributed by atoms with E-state index in [-0.39, 0.29) is 36.2 Å². The third-order valence-electron chi connectivity index (χ3n) is 5.12. The van der Waals surface area contributed by atoms with Crippen LogP contribution in [0.25, 0.3) is 0 Å². The van der Waals surface area contributed by atoms with Crippen molar-refractivity contribution in [3.8, 4) is 0 Å². The molecule has 0 saturated carbocycles. The maximum atomic E-state index is 12.9. The van der Waals surface area contributed by atoms with Gasteiger partial charge < -0.3 is 15.5 Å². The SMILES string of the molecule is CCCC(=O)N1CCCC(C(=O)N2CCC(C)CC2CN)C1.Cl. The quantitative estimate of drug-likeness (QED) is 0.847. The molecule has 2 rings (SSSR count). The summed E-state index contributed by atoms with van der Waals surface area (Å²) in [5.74, 6) is 1.03. The zero-order valence-corrected chi connectivity index (χ0v) is 15.3. The number of piperidine rings is 2. The predicted molar refractivity (Wildman–Crippen MR) is 94.4 cm³/mol. The molecule has 0 aliphatic carbocycles. The lowest BCUT2D eigenvalue weighted by Crippen LogP contribution is -2.54. The molecule has 3 atom stereocenters. The Bertz CT molecular complexity index is 405. The lowest BCUT2D eigenvalue weighted by atomic mass is 9.89. The van der Waals surface area contributed by atoms with Gasteiger partial charge in [0.05, 0.1) is 5.92 Å². The first-order valence-electron chi connectivity index (χ1n) is 8.85. The minimum absolute atomic E-state index is 0. The number of likely N-dealkylation sites (tertiary alicyclic amines) is 2. The highest BCUT2D eigenvalue weighted by molar-refractivity contribution is 5.85. The molecule has 0 bridgehead atoms. The van der Waals surface area contributed by atoms with Crippen LogP contribution in [0, 0.1) is 11.8 Å². The fourth-order valence-electron chi connectivity index (χ4n) is 3.78. The monoisotopic (exact) mass is 345 g/mol. The average molecular weight is 346 g/mol. The number of nitrogens with two attached hydrogens (primary N) is 1. The number of halogens is 1. The number of carbonyl (C=O) groups is 2. The largest absolute Gasteiger partial charge is 0.342 e. The van der Waals surface area contributed by atoms with Crippen molar-refractivity contribution in [1.29, 1.82) is 0 Å². The maximum absolute atomic E-state index is 12.9. The molecule has 5 nitrogen and oxygen atoms in total. The second-order valence-corrected chi connectivity index (χ2v) is 6.98. The molecule has 2 saturated heterocycles. The summed E-state index contributed by atoms with van der Waals surface area (Å²) >= 11 is 0. The smallest absolute Gasteiger partial charge is 0.227 e. The van der Waals surface area contributed by atoms with Gasteiger partial charge in [-0.25, -0.2) is 0 Å². The summed E-state index contributed by atoms with van der Waals surface area (Å²) < 4.78 is 0. The molecule has 2 heterocycles. The standard InChI is InChI=1S/C17H31N3O2.ClH/c1-3-5-16(21)19-8-4-6-14(12-19)17(22)20-9-7-13(2)10-15(20)11-18;/h13-15H,3-12,18H2,1-2H3;1H. The molecule has 2 aliphatic heterocycles. The van der Waals surface area contributed by atoms with E-state index in [2.05, 4.69) is 6.92 Å². The van der Waals surface area contributed by atoms with Crippen LogP contribution in [0.15, 0.2) is 0 Å². The van der Waals surface area contributed by atoms with Crippen molar-refractivity contribution >= 4 is 24.2 Å². The summed E-state index contributed by atoms with van der Waals surface area (Å²) in [5.41, 5.74) is 5.88. The summed E-state index contributed by atoms with van der Waals surface area (Å²) in [6, 6.07) is 0.179. The second kappa shape index (κ2) is 9.48. The van der Waals surface area contributed by atoms with Gasteiger partial charge in [0.1, 0.15) is 0 Å². The topological polar surface area (TPSA) is 66.6 Å². The molecule has 0 radical (unpaired) electrons. The van der Waals surface area contributed by atoms with Crippen molar-refractivity contribution in [3.05, 3.63) is 0 Å². The van der Waals surface area contributed by atoms with Crippen LogP contribution in [-0.4, -0.2) is 53.8 Å². The van der Waals surface area contributed by atoms with Crippen LogP contribution in [0.5, 0.6) is 0 Å². The summed E-state index contributed by atoms with van der Waals surface area (Å²) in [5, 5.41) is 0. The number of amides is 2. The highest BCUT2D eigenvalue weighted by Crippen LogP contribution is 2.26. The Hall–Kier alpha value is -0.810. The maximum Gasteiger partial charge on any atom is 0.227 e. The molecule has 0 aromatic carbocycles. The van der Waals surface area contributed by atoms with Gasteiger partial charge >= 0.3 is 0 Å². The van der Waals surface area contributed by atoms with E-state index in [0.29, 0.717) is 25.4 Å². The summed E-state index contributed by atoms with van der Waals surface area (Å²) in [4.78, 5) is 28.9. The Labute approximate surface area is 146 Å². The number of carbonyl (C=O) groups excluding carboxylic acids is 2. The first kappa shape index (κ1) is 20.2. The summed E-state index contributed by atoms with van der Waals surface area (Å²) in [7, 11) is 0. The van der Waals surface area contributed by atoms with Crippen molar-refractivity contribution in [3.63, 3.8) is 0 Å². The summed E-state index contributed by atoms with van der Waals surface area (Å²) in [6.07, 6.45) is 5.36. The third-order valence-corrected chi connectivity index (χ3v) is 5.12. The lowest BCUT2D eigenvalue weighted by molar-refractivity contribution is -0.144. The van der Waals surface area contributed by atoms with E-state index in [1.54, 1.807) is 0 Å². The van der Waals surface area contributed by atoms with Gasteiger partial charge in [0.25, 0.3) is 0 Å². The zero-order chi connectivity index (χ0) is 16.1. The number of rotatable bonds is 4. The second-order valence-electron chi connectivity index (χ2n) is 6.98. The van der Waals surface area contributed by atoms with E-state index in [1.807, 2.05) is 16.7 Å². The Kier molecular flexibility index (Phi) is 8.34. The van der Waals surface area contributed by atoms with Gasteiger partial charge in [0.15, 0.2) is 0 Å². The van der Waals surface area contributed by atoms with Crippen LogP contribution in [-0.2, 0) is 9.59 Å². The minimum Gasteiger partial charge on any atom is -0.342 e. The van der Waals surface area contributed by atoms with E-state index >= 15 is 0 Å². The van der Waals surface area contributed by atoms with Crippen LogP contribution in [0.4, 0.5) is 0 Å². The Balaban J connectivity index is 0.00000264. The van der Waals surface area contributed by atoms with Crippen LogP contribution < -0.4 is 5.73 Å². The summed E-state index contributed by atoms with van der Waals surface area (Å²) in [6.45, 7) is 7.02. The van der Waals surface area contributed by atoms with Crippen LogP contribution in [0.1, 0.15) is 52.4 Å². The van der Waals surface area contributed by atoms with E-state index in [1.165, 1.54) is 0 Å². The first-order chi connectivity index (χ1) is 10.6. The fourth-order valence-corrected chi connectivity index (χ4v) is 3.78. The Morgan fingerprint density at radius 3 is 2.61 bits per heavy atom. The van der Waals surface area contributed by atoms with Crippen LogP contribution in [0.3, 0.4) is 0 Å². The van der Waals surface area contributed by atoms with Gasteiger partial charge in [-0.2, -0.15) is 0 Å². The van der Waals surface area contributed by atoms with Gasteiger partial charge in [0.2, 0.25) is 11.8 Å². The molecule has 23 heavy (non-hydrogen) atoms. The average Bonchev–Trinajstić information content (AvgIpc) is 2.54. The number of hydrogen-bond donors (Lipinski definition) is 1. The first-order valence-corrected chi connectivity index (χ1v) is 8.85. The predicted octanol–water partition coefficient (Wildman–Crippen LogP) is 2.03. The van der Waals surface area contributed by atoms with Crippen molar-refractivity contribution in [1.82, 2.24) is 9.80 Å². The Morgan fingerprint density at radius 1 is 1.22 bits per heavy atom. The normalized spacial score (nSPS) is 28.2. The molecular formula is C17H32ClN3O2. The van der Waals surface area contributed by atoms with E-state index in [0.717, 1.165) is 45.2 Å². The molecule has 6 heteroatoms. The van der Waals surface area contributed by atoms with Gasteiger partial charge in [0, 0.05) is 38.6 Å². The molecule has 0 aromatic rings. The fraction of sp³-hybridized carbons (Fsp3) is 0.882. The van der Waals surface area contributed by atoms with Gasteiger partial charge in [-0.3, -0.25) is 9.59 Å². The molecule has 2 aliphatic rings. The molecule has 2 amide bonds. The molecule has 0 aromatic heterocycles. The molecule has 134 valence electrons. The van der Waals surface area contributed by atoms with Gasteiger partial charge in [-0.15, -0.1) is 12.4 Å². The molecular weight excluding hydrogens is 314 g/mol. The van der Waals surface area contributed by atoms with Crippen molar-refractivity contribution < 1.29 is 9.59 Å².